The van der Waals surface area contributed by atoms with E-state index in [2.05, 4.69) is 11.4 Å². The van der Waals surface area contributed by atoms with Crippen LogP contribution in [0.1, 0.15) is 17.0 Å². The molecular weight excluding hydrogens is 268 g/mol. The number of anilines is 2. The molecule has 0 saturated carbocycles. The second kappa shape index (κ2) is 5.21. The molecule has 3 rings (SSSR count). The van der Waals surface area contributed by atoms with Crippen molar-refractivity contribution >= 4 is 29.0 Å². The molecular formula is C16H16N2OS. The Kier molecular flexibility index (Phi) is 3.40. The number of carbonyl (C=O) groups excluding carboxylic acids is 1. The number of hydrogen-bond donors (Lipinski definition) is 2. The molecule has 4 heteroatoms. The molecule has 0 saturated heterocycles. The van der Waals surface area contributed by atoms with Crippen LogP contribution < -0.4 is 11.1 Å². The monoisotopic (exact) mass is 284 g/mol. The van der Waals surface area contributed by atoms with Gasteiger partial charge < -0.3 is 11.1 Å². The minimum atomic E-state index is -0.0861. The molecule has 0 aromatic heterocycles. The maximum absolute atomic E-state index is 12.5. The average Bonchev–Trinajstić information content (AvgIpc) is 2.88. The first kappa shape index (κ1) is 13.1. The van der Waals surface area contributed by atoms with Crippen LogP contribution in [0.3, 0.4) is 0 Å². The molecule has 0 aliphatic carbocycles. The number of nitrogens with two attached hydrogens (primary N) is 1. The number of thioether (sulfide) groups is 1. The van der Waals surface area contributed by atoms with Crippen LogP contribution in [0.25, 0.3) is 0 Å². The molecule has 1 unspecified atom stereocenters. The van der Waals surface area contributed by atoms with E-state index in [1.165, 1.54) is 4.90 Å². The number of benzene rings is 2. The summed E-state index contributed by atoms with van der Waals surface area (Å²) >= 11 is 1.74. The van der Waals surface area contributed by atoms with Gasteiger partial charge in [-0.3, -0.25) is 4.79 Å². The smallest absolute Gasteiger partial charge is 0.232 e. The van der Waals surface area contributed by atoms with Gasteiger partial charge >= 0.3 is 0 Å². The van der Waals surface area contributed by atoms with Crippen LogP contribution in [0.4, 0.5) is 11.4 Å². The summed E-state index contributed by atoms with van der Waals surface area (Å²) in [5, 5.41) is 3.00. The lowest BCUT2D eigenvalue weighted by atomic mass is 10.00. The second-order valence-corrected chi connectivity index (χ2v) is 5.97. The third-order valence-corrected chi connectivity index (χ3v) is 4.83. The average molecular weight is 284 g/mol. The van der Waals surface area contributed by atoms with Gasteiger partial charge in [-0.2, -0.15) is 0 Å². The fourth-order valence-corrected chi connectivity index (χ4v) is 3.62. The molecule has 3 N–H and O–H groups in total. The summed E-state index contributed by atoms with van der Waals surface area (Å²) in [7, 11) is 0. The van der Waals surface area contributed by atoms with Crippen LogP contribution in [0.2, 0.25) is 0 Å². The van der Waals surface area contributed by atoms with E-state index in [1.54, 1.807) is 11.8 Å². The topological polar surface area (TPSA) is 55.1 Å². The van der Waals surface area contributed by atoms with Crippen molar-refractivity contribution in [3.8, 4) is 0 Å². The van der Waals surface area contributed by atoms with Crippen molar-refractivity contribution in [1.29, 1.82) is 0 Å². The number of amides is 1. The summed E-state index contributed by atoms with van der Waals surface area (Å²) in [6.45, 7) is 1.92. The Balaban J connectivity index is 1.83. The molecule has 0 spiro atoms. The summed E-state index contributed by atoms with van der Waals surface area (Å²) in [6, 6.07) is 13.7. The van der Waals surface area contributed by atoms with Gasteiger partial charge in [0.05, 0.1) is 5.92 Å². The zero-order valence-corrected chi connectivity index (χ0v) is 12.0. The van der Waals surface area contributed by atoms with Gasteiger partial charge in [-0.05, 0) is 36.2 Å². The highest BCUT2D eigenvalue weighted by Crippen LogP contribution is 2.39. The zero-order chi connectivity index (χ0) is 14.1. The summed E-state index contributed by atoms with van der Waals surface area (Å²) in [5.74, 6) is 0.750. The van der Waals surface area contributed by atoms with Crippen molar-refractivity contribution in [3.63, 3.8) is 0 Å². The minimum Gasteiger partial charge on any atom is -0.398 e. The van der Waals surface area contributed by atoms with Gasteiger partial charge in [0.1, 0.15) is 0 Å². The number of rotatable bonds is 2. The standard InChI is InChI=1S/C16H16N2OS/c1-10-13(17)6-4-7-14(10)18-16(19)12-9-20-15-8-3-2-5-11(12)15/h2-8,12H,9,17H2,1H3,(H,18,19). The van der Waals surface area contributed by atoms with E-state index < -0.39 is 0 Å². The molecule has 3 nitrogen and oxygen atoms in total. The normalized spacial score (nSPS) is 16.8. The summed E-state index contributed by atoms with van der Waals surface area (Å²) in [6.07, 6.45) is 0. The Hall–Kier alpha value is -1.94. The van der Waals surface area contributed by atoms with E-state index in [-0.39, 0.29) is 11.8 Å². The van der Waals surface area contributed by atoms with E-state index in [1.807, 2.05) is 43.3 Å². The van der Waals surface area contributed by atoms with Gasteiger partial charge in [0, 0.05) is 22.0 Å². The third-order valence-electron chi connectivity index (χ3n) is 3.65. The highest BCUT2D eigenvalue weighted by molar-refractivity contribution is 7.99. The molecule has 1 atom stereocenters. The summed E-state index contributed by atoms with van der Waals surface area (Å²) < 4.78 is 0. The fourth-order valence-electron chi connectivity index (χ4n) is 2.39. The highest BCUT2D eigenvalue weighted by atomic mass is 32.2. The Morgan fingerprint density at radius 3 is 2.90 bits per heavy atom. The van der Waals surface area contributed by atoms with E-state index in [0.717, 1.165) is 22.6 Å². The fraction of sp³-hybridized carbons (Fsp3) is 0.188. The molecule has 0 fully saturated rings. The van der Waals surface area contributed by atoms with Gasteiger partial charge in [-0.1, -0.05) is 24.3 Å². The number of hydrogen-bond acceptors (Lipinski definition) is 3. The van der Waals surface area contributed by atoms with Crippen molar-refractivity contribution in [3.05, 3.63) is 53.6 Å². The van der Waals surface area contributed by atoms with Crippen molar-refractivity contribution in [2.45, 2.75) is 17.7 Å². The van der Waals surface area contributed by atoms with E-state index in [4.69, 9.17) is 5.73 Å². The SMILES string of the molecule is Cc1c(N)cccc1NC(=O)C1CSc2ccccc21. The van der Waals surface area contributed by atoms with Gasteiger partial charge in [-0.15, -0.1) is 11.8 Å². The lowest BCUT2D eigenvalue weighted by Crippen LogP contribution is -2.21. The lowest BCUT2D eigenvalue weighted by molar-refractivity contribution is -0.117. The maximum atomic E-state index is 12.5. The van der Waals surface area contributed by atoms with Crippen LogP contribution in [0.5, 0.6) is 0 Å². The third kappa shape index (κ3) is 2.27. The Morgan fingerprint density at radius 1 is 1.25 bits per heavy atom. The molecule has 1 aliphatic rings. The van der Waals surface area contributed by atoms with Crippen LogP contribution >= 0.6 is 11.8 Å². The van der Waals surface area contributed by atoms with Crippen LogP contribution in [0.15, 0.2) is 47.4 Å². The largest absolute Gasteiger partial charge is 0.398 e. The highest BCUT2D eigenvalue weighted by Gasteiger charge is 2.29. The van der Waals surface area contributed by atoms with Crippen molar-refractivity contribution in [1.82, 2.24) is 0 Å². The molecule has 0 radical (unpaired) electrons. The minimum absolute atomic E-state index is 0.0381. The van der Waals surface area contributed by atoms with Gasteiger partial charge in [0.25, 0.3) is 0 Å². The van der Waals surface area contributed by atoms with Crippen molar-refractivity contribution in [2.24, 2.45) is 0 Å². The number of carbonyl (C=O) groups is 1. The predicted molar refractivity (Wildman–Crippen MR) is 84.1 cm³/mol. The lowest BCUT2D eigenvalue weighted by Gasteiger charge is -2.14. The Morgan fingerprint density at radius 2 is 2.05 bits per heavy atom. The second-order valence-electron chi connectivity index (χ2n) is 4.91. The van der Waals surface area contributed by atoms with E-state index in [9.17, 15) is 4.79 Å². The summed E-state index contributed by atoms with van der Waals surface area (Å²) in [4.78, 5) is 13.7. The molecule has 0 bridgehead atoms. The van der Waals surface area contributed by atoms with Crippen LogP contribution in [-0.2, 0) is 4.79 Å². The number of nitrogens with one attached hydrogen (secondary N) is 1. The van der Waals surface area contributed by atoms with Gasteiger partial charge in [-0.25, -0.2) is 0 Å². The number of nitrogen functional groups attached to an aromatic ring is 1. The van der Waals surface area contributed by atoms with Gasteiger partial charge in [0.15, 0.2) is 0 Å². The number of fused-ring (bicyclic) bond motifs is 1. The first-order valence-electron chi connectivity index (χ1n) is 6.54. The molecule has 2 aromatic rings. The maximum Gasteiger partial charge on any atom is 0.232 e. The van der Waals surface area contributed by atoms with Gasteiger partial charge in [0.2, 0.25) is 5.91 Å². The first-order chi connectivity index (χ1) is 9.66. The molecule has 20 heavy (non-hydrogen) atoms. The Labute approximate surface area is 122 Å². The van der Waals surface area contributed by atoms with Crippen LogP contribution in [-0.4, -0.2) is 11.7 Å². The Bertz CT molecular complexity index is 669. The van der Waals surface area contributed by atoms with Crippen LogP contribution in [0, 0.1) is 6.92 Å². The molecule has 1 aliphatic heterocycles. The zero-order valence-electron chi connectivity index (χ0n) is 11.2. The van der Waals surface area contributed by atoms with Crippen molar-refractivity contribution in [2.75, 3.05) is 16.8 Å². The quantitative estimate of drug-likeness (QED) is 0.831. The molecule has 1 heterocycles. The first-order valence-corrected chi connectivity index (χ1v) is 7.53. The van der Waals surface area contributed by atoms with Crippen molar-refractivity contribution < 1.29 is 4.79 Å². The molecule has 2 aromatic carbocycles. The molecule has 102 valence electrons. The summed E-state index contributed by atoms with van der Waals surface area (Å²) in [5.41, 5.74) is 9.40. The molecule has 1 amide bonds. The van der Waals surface area contributed by atoms with E-state index >= 15 is 0 Å². The predicted octanol–water partition coefficient (Wildman–Crippen LogP) is 3.41. The van der Waals surface area contributed by atoms with E-state index in [0.29, 0.717) is 5.69 Å².